The minimum absolute atomic E-state index is 0.215. The third-order valence-corrected chi connectivity index (χ3v) is 5.85. The number of hydrogen-bond acceptors (Lipinski definition) is 5. The highest BCUT2D eigenvalue weighted by molar-refractivity contribution is 7.86. The maximum Gasteiger partial charge on any atom is 0.282 e. The number of amides is 1. The van der Waals surface area contributed by atoms with Gasteiger partial charge in [-0.15, -0.1) is 0 Å². The Labute approximate surface area is 130 Å². The van der Waals surface area contributed by atoms with Gasteiger partial charge in [-0.2, -0.15) is 17.0 Å². The van der Waals surface area contributed by atoms with E-state index < -0.39 is 10.2 Å². The van der Waals surface area contributed by atoms with Gasteiger partial charge in [0.05, 0.1) is 6.20 Å². The molecule has 0 atom stereocenters. The molecule has 0 bridgehead atoms. The highest BCUT2D eigenvalue weighted by atomic mass is 32.2. The lowest BCUT2D eigenvalue weighted by Gasteiger charge is -2.36. The van der Waals surface area contributed by atoms with Crippen LogP contribution >= 0.6 is 0 Å². The van der Waals surface area contributed by atoms with E-state index in [0.29, 0.717) is 39.3 Å². The summed E-state index contributed by atoms with van der Waals surface area (Å²) in [7, 11) is -3.44. The predicted octanol–water partition coefficient (Wildman–Crippen LogP) is -0.179. The van der Waals surface area contributed by atoms with Crippen molar-refractivity contribution in [1.82, 2.24) is 23.5 Å². The molecule has 1 aliphatic rings. The number of nitrogens with zero attached hydrogens (tertiary/aromatic N) is 5. The second-order valence-corrected chi connectivity index (χ2v) is 6.80. The van der Waals surface area contributed by atoms with E-state index in [9.17, 15) is 13.2 Å². The predicted molar refractivity (Wildman–Crippen MR) is 81.3 cm³/mol. The molecule has 9 heteroatoms. The van der Waals surface area contributed by atoms with Crippen molar-refractivity contribution < 1.29 is 13.2 Å². The lowest BCUT2D eigenvalue weighted by Crippen LogP contribution is -2.54. The second-order valence-electron chi connectivity index (χ2n) is 4.87. The number of rotatable bonds is 5. The summed E-state index contributed by atoms with van der Waals surface area (Å²) in [5.41, 5.74) is 0.280. The van der Waals surface area contributed by atoms with Crippen molar-refractivity contribution in [2.75, 3.05) is 39.3 Å². The van der Waals surface area contributed by atoms with Crippen molar-refractivity contribution in [3.8, 4) is 0 Å². The van der Waals surface area contributed by atoms with E-state index in [4.69, 9.17) is 0 Å². The molecule has 0 saturated carbocycles. The van der Waals surface area contributed by atoms with Crippen molar-refractivity contribution in [3.05, 3.63) is 24.3 Å². The van der Waals surface area contributed by atoms with Gasteiger partial charge in [0.15, 0.2) is 0 Å². The van der Waals surface area contributed by atoms with E-state index in [2.05, 4.69) is 9.97 Å². The van der Waals surface area contributed by atoms with Gasteiger partial charge >= 0.3 is 0 Å². The van der Waals surface area contributed by atoms with Gasteiger partial charge in [-0.05, 0) is 0 Å². The van der Waals surface area contributed by atoms with Crippen LogP contribution in [0.4, 0.5) is 0 Å². The average Bonchev–Trinajstić information content (AvgIpc) is 2.56. The molecule has 22 heavy (non-hydrogen) atoms. The topological polar surface area (TPSA) is 86.7 Å². The van der Waals surface area contributed by atoms with Crippen molar-refractivity contribution in [3.63, 3.8) is 0 Å². The van der Waals surface area contributed by atoms with E-state index in [1.165, 1.54) is 27.2 Å². The third-order valence-electron chi connectivity index (χ3n) is 3.67. The van der Waals surface area contributed by atoms with Gasteiger partial charge in [-0.3, -0.25) is 9.78 Å². The van der Waals surface area contributed by atoms with E-state index >= 15 is 0 Å². The fraction of sp³-hybridized carbons (Fsp3) is 0.615. The first-order valence-corrected chi connectivity index (χ1v) is 8.70. The minimum atomic E-state index is -3.44. The molecule has 0 N–H and O–H groups in total. The van der Waals surface area contributed by atoms with Crippen LogP contribution in [0.3, 0.4) is 0 Å². The van der Waals surface area contributed by atoms with Crippen molar-refractivity contribution >= 4 is 16.1 Å². The monoisotopic (exact) mass is 327 g/mol. The highest BCUT2D eigenvalue weighted by Crippen LogP contribution is 2.13. The van der Waals surface area contributed by atoms with Crippen LogP contribution in [-0.4, -0.2) is 77.1 Å². The quantitative estimate of drug-likeness (QED) is 0.749. The summed E-state index contributed by atoms with van der Waals surface area (Å²) in [6.45, 7) is 5.82. The minimum Gasteiger partial charge on any atom is -0.335 e. The molecule has 0 spiro atoms. The lowest BCUT2D eigenvalue weighted by atomic mass is 10.3. The number of carbonyl (C=O) groups is 1. The van der Waals surface area contributed by atoms with Gasteiger partial charge in [-0.1, -0.05) is 13.8 Å². The van der Waals surface area contributed by atoms with E-state index in [0.717, 1.165) is 0 Å². The summed E-state index contributed by atoms with van der Waals surface area (Å²) in [5, 5.41) is 0. The standard InChI is InChI=1S/C13H21N5O3S/c1-3-17(4-2)22(20,21)18-9-7-16(8-10-18)13(19)12-11-14-5-6-15-12/h5-6,11H,3-4,7-10H2,1-2H3. The molecule has 1 aromatic rings. The van der Waals surface area contributed by atoms with Crippen LogP contribution in [0.2, 0.25) is 0 Å². The number of hydrogen-bond donors (Lipinski definition) is 0. The zero-order chi connectivity index (χ0) is 16.2. The summed E-state index contributed by atoms with van der Waals surface area (Å²) in [6.07, 6.45) is 4.39. The molecule has 1 saturated heterocycles. The number of aromatic nitrogens is 2. The number of piperazine rings is 1. The van der Waals surface area contributed by atoms with Gasteiger partial charge < -0.3 is 4.90 Å². The van der Waals surface area contributed by atoms with Gasteiger partial charge in [0.2, 0.25) is 0 Å². The van der Waals surface area contributed by atoms with E-state index in [1.807, 2.05) is 13.8 Å². The Balaban J connectivity index is 2.00. The molecule has 2 heterocycles. The molecule has 0 radical (unpaired) electrons. The first kappa shape index (κ1) is 16.8. The molecular weight excluding hydrogens is 306 g/mol. The Morgan fingerprint density at radius 1 is 1.18 bits per heavy atom. The highest BCUT2D eigenvalue weighted by Gasteiger charge is 2.32. The van der Waals surface area contributed by atoms with Crippen LogP contribution in [-0.2, 0) is 10.2 Å². The largest absolute Gasteiger partial charge is 0.335 e. The van der Waals surface area contributed by atoms with Crippen LogP contribution in [0, 0.1) is 0 Å². The Bertz CT molecular complexity index is 595. The van der Waals surface area contributed by atoms with E-state index in [1.54, 1.807) is 4.90 Å². The molecule has 1 fully saturated rings. The van der Waals surface area contributed by atoms with Crippen LogP contribution in [0.1, 0.15) is 24.3 Å². The Hall–Kier alpha value is -1.58. The molecule has 1 aliphatic heterocycles. The van der Waals surface area contributed by atoms with Crippen molar-refractivity contribution in [2.45, 2.75) is 13.8 Å². The zero-order valence-corrected chi connectivity index (χ0v) is 13.7. The van der Waals surface area contributed by atoms with Crippen LogP contribution in [0.25, 0.3) is 0 Å². The summed E-state index contributed by atoms with van der Waals surface area (Å²) in [4.78, 5) is 21.7. The summed E-state index contributed by atoms with van der Waals surface area (Å²) in [5.74, 6) is -0.215. The van der Waals surface area contributed by atoms with Crippen LogP contribution < -0.4 is 0 Å². The zero-order valence-electron chi connectivity index (χ0n) is 12.8. The lowest BCUT2D eigenvalue weighted by molar-refractivity contribution is 0.0688. The van der Waals surface area contributed by atoms with Gasteiger partial charge in [0, 0.05) is 51.7 Å². The Kier molecular flexibility index (Phi) is 5.43. The van der Waals surface area contributed by atoms with Crippen LogP contribution in [0.15, 0.2) is 18.6 Å². The molecule has 0 aromatic carbocycles. The Morgan fingerprint density at radius 2 is 1.82 bits per heavy atom. The first-order chi connectivity index (χ1) is 10.5. The fourth-order valence-corrected chi connectivity index (χ4v) is 4.01. The third kappa shape index (κ3) is 3.42. The van der Waals surface area contributed by atoms with Gasteiger partial charge in [0.1, 0.15) is 5.69 Å². The number of carbonyl (C=O) groups excluding carboxylic acids is 1. The van der Waals surface area contributed by atoms with Crippen LogP contribution in [0.5, 0.6) is 0 Å². The molecule has 0 aliphatic carbocycles. The molecule has 2 rings (SSSR count). The summed E-state index contributed by atoms with van der Waals surface area (Å²) < 4.78 is 27.7. The maximum atomic E-state index is 12.4. The van der Waals surface area contributed by atoms with Gasteiger partial charge in [-0.25, -0.2) is 4.98 Å². The van der Waals surface area contributed by atoms with E-state index in [-0.39, 0.29) is 11.6 Å². The fourth-order valence-electron chi connectivity index (χ4n) is 2.41. The molecule has 0 unspecified atom stereocenters. The molecule has 1 aromatic heterocycles. The second kappa shape index (κ2) is 7.12. The average molecular weight is 327 g/mol. The summed E-state index contributed by atoms with van der Waals surface area (Å²) in [6, 6.07) is 0. The maximum absolute atomic E-state index is 12.4. The molecule has 1 amide bonds. The molecule has 8 nitrogen and oxygen atoms in total. The Morgan fingerprint density at radius 3 is 2.32 bits per heavy atom. The SMILES string of the molecule is CCN(CC)S(=O)(=O)N1CCN(C(=O)c2cnccn2)CC1. The smallest absolute Gasteiger partial charge is 0.282 e. The molecule has 122 valence electrons. The van der Waals surface area contributed by atoms with Gasteiger partial charge in [0.25, 0.3) is 16.1 Å². The first-order valence-electron chi connectivity index (χ1n) is 7.31. The molecular formula is C13H21N5O3S. The van der Waals surface area contributed by atoms with Crippen molar-refractivity contribution in [1.29, 1.82) is 0 Å². The normalized spacial score (nSPS) is 17.0. The summed E-state index contributed by atoms with van der Waals surface area (Å²) >= 11 is 0. The van der Waals surface area contributed by atoms with Crippen molar-refractivity contribution in [2.24, 2.45) is 0 Å².